The highest BCUT2D eigenvalue weighted by Crippen LogP contribution is 2.18. The monoisotopic (exact) mass is 839 g/mol. The number of hydrogen-bond acceptors (Lipinski definition) is 6. The molecule has 0 aliphatic carbocycles. The number of rotatable bonds is 42. The van der Waals surface area contributed by atoms with Crippen molar-refractivity contribution in [3.05, 3.63) is 72.9 Å². The van der Waals surface area contributed by atoms with Crippen molar-refractivity contribution in [2.45, 2.75) is 212 Å². The van der Waals surface area contributed by atoms with Gasteiger partial charge in [-0.05, 0) is 103 Å². The molecule has 0 aliphatic heterocycles. The molecule has 2 amide bonds. The lowest BCUT2D eigenvalue weighted by Gasteiger charge is -2.18. The summed E-state index contributed by atoms with van der Waals surface area (Å²) in [6.07, 6.45) is 56.5. The van der Waals surface area contributed by atoms with E-state index in [4.69, 9.17) is 14.9 Å². The molecule has 9 heteroatoms. The Kier molecular flexibility index (Phi) is 42.0. The molecule has 9 nitrogen and oxygen atoms in total. The fourth-order valence-corrected chi connectivity index (χ4v) is 6.57. The van der Waals surface area contributed by atoms with E-state index in [-0.39, 0.29) is 30.9 Å². The molecule has 0 aromatic rings. The predicted molar refractivity (Wildman–Crippen MR) is 250 cm³/mol. The van der Waals surface area contributed by atoms with Gasteiger partial charge in [0.05, 0.1) is 13.2 Å². The molecule has 0 aliphatic rings. The maximum atomic E-state index is 12.8. The van der Waals surface area contributed by atoms with Crippen LogP contribution >= 0.6 is 0 Å². The van der Waals surface area contributed by atoms with Crippen LogP contribution in [0.1, 0.15) is 200 Å². The maximum Gasteiger partial charge on any atom is 0.328 e. The standard InChI is InChI=1S/C51H86N2O7/c1-3-5-7-9-11-13-15-16-17-18-19-20-21-22-23-24-26-28-30-35-39-43-50(57)60-46(40-36-32-29-27-25-14-12-10-8-6-4-2)41-37-33-31-34-38-42-48(55)52-44-49(56)53-47(45-54)51(58)59/h5,7,11-14,16-17,19-20,27,29,46-47,54H,3-4,6,8-10,15,18,21-26,28,30-45H2,1-2H3,(H,52,55)(H,53,56)(H,58,59)/b7-5-,13-11-,14-12-,17-16-,20-19-,29-27-. The number of aliphatic carboxylic acids is 1. The van der Waals surface area contributed by atoms with Gasteiger partial charge in [-0.2, -0.15) is 0 Å². The Bertz CT molecular complexity index is 1240. The fraction of sp³-hybridized carbons (Fsp3) is 0.686. The van der Waals surface area contributed by atoms with Crippen molar-refractivity contribution in [1.29, 1.82) is 0 Å². The zero-order chi connectivity index (χ0) is 44.0. The average molecular weight is 839 g/mol. The summed E-state index contributed by atoms with van der Waals surface area (Å²) in [6.45, 7) is 3.33. The SMILES string of the molecule is CC/C=C\C/C=C\C/C=C\C/C=C\CCCCCCCCCCC(=O)OC(CCC/C=C\C/C=C\CCCCC)CCCCCCCC(=O)NCC(=O)NC(CO)C(=O)O. The molecule has 60 heavy (non-hydrogen) atoms. The summed E-state index contributed by atoms with van der Waals surface area (Å²) in [5, 5.41) is 22.6. The number of carboxylic acid groups (broad SMARTS) is 1. The lowest BCUT2D eigenvalue weighted by Crippen LogP contribution is -2.47. The van der Waals surface area contributed by atoms with Gasteiger partial charge in [-0.25, -0.2) is 4.79 Å². The number of carbonyl (C=O) groups excluding carboxylic acids is 3. The molecule has 2 unspecified atom stereocenters. The van der Waals surface area contributed by atoms with E-state index >= 15 is 0 Å². The molecule has 0 spiro atoms. The van der Waals surface area contributed by atoms with Crippen LogP contribution in [0.5, 0.6) is 0 Å². The summed E-state index contributed by atoms with van der Waals surface area (Å²) in [4.78, 5) is 47.7. The van der Waals surface area contributed by atoms with E-state index in [0.29, 0.717) is 12.8 Å². The van der Waals surface area contributed by atoms with Crippen LogP contribution in [0.15, 0.2) is 72.9 Å². The van der Waals surface area contributed by atoms with Crippen molar-refractivity contribution in [3.63, 3.8) is 0 Å². The van der Waals surface area contributed by atoms with Gasteiger partial charge >= 0.3 is 11.9 Å². The number of allylic oxidation sites excluding steroid dienone is 12. The Morgan fingerprint density at radius 3 is 1.50 bits per heavy atom. The number of esters is 1. The fourth-order valence-electron chi connectivity index (χ4n) is 6.57. The number of carbonyl (C=O) groups is 4. The second kappa shape index (κ2) is 44.8. The molecule has 0 bridgehead atoms. The Hall–Kier alpha value is -3.72. The van der Waals surface area contributed by atoms with Crippen LogP contribution in [0.25, 0.3) is 0 Å². The molecular weight excluding hydrogens is 753 g/mol. The summed E-state index contributed by atoms with van der Waals surface area (Å²) in [7, 11) is 0. The predicted octanol–water partition coefficient (Wildman–Crippen LogP) is 12.3. The molecule has 0 saturated heterocycles. The molecule has 2 atom stereocenters. The molecule has 4 N–H and O–H groups in total. The van der Waals surface area contributed by atoms with Gasteiger partial charge in [0.15, 0.2) is 0 Å². The van der Waals surface area contributed by atoms with E-state index in [9.17, 15) is 19.2 Å². The van der Waals surface area contributed by atoms with E-state index in [1.54, 1.807) is 0 Å². The molecule has 0 fully saturated rings. The van der Waals surface area contributed by atoms with Crippen molar-refractivity contribution in [2.75, 3.05) is 13.2 Å². The third-order valence-corrected chi connectivity index (χ3v) is 10.2. The van der Waals surface area contributed by atoms with Gasteiger partial charge in [-0.15, -0.1) is 0 Å². The lowest BCUT2D eigenvalue weighted by atomic mass is 10.0. The molecule has 342 valence electrons. The van der Waals surface area contributed by atoms with E-state index in [1.165, 1.54) is 57.8 Å². The van der Waals surface area contributed by atoms with Crippen LogP contribution in [-0.4, -0.2) is 59.3 Å². The zero-order valence-corrected chi connectivity index (χ0v) is 37.9. The van der Waals surface area contributed by atoms with Gasteiger partial charge in [0.1, 0.15) is 12.1 Å². The Morgan fingerprint density at radius 1 is 0.517 bits per heavy atom. The first kappa shape index (κ1) is 56.3. The van der Waals surface area contributed by atoms with Crippen molar-refractivity contribution in [1.82, 2.24) is 10.6 Å². The largest absolute Gasteiger partial charge is 0.480 e. The minimum absolute atomic E-state index is 0.0653. The van der Waals surface area contributed by atoms with Gasteiger partial charge in [-0.3, -0.25) is 14.4 Å². The second-order valence-corrected chi connectivity index (χ2v) is 15.8. The number of hydrogen-bond donors (Lipinski definition) is 4. The highest BCUT2D eigenvalue weighted by Gasteiger charge is 2.19. The minimum Gasteiger partial charge on any atom is -0.480 e. The zero-order valence-electron chi connectivity index (χ0n) is 37.9. The maximum absolute atomic E-state index is 12.8. The smallest absolute Gasteiger partial charge is 0.328 e. The van der Waals surface area contributed by atoms with Crippen LogP contribution in [0, 0.1) is 0 Å². The highest BCUT2D eigenvalue weighted by atomic mass is 16.5. The third kappa shape index (κ3) is 41.0. The number of aliphatic hydroxyl groups excluding tert-OH is 1. The van der Waals surface area contributed by atoms with Gasteiger partial charge in [0.2, 0.25) is 11.8 Å². The van der Waals surface area contributed by atoms with Crippen LogP contribution in [-0.2, 0) is 23.9 Å². The Morgan fingerprint density at radius 2 is 0.967 bits per heavy atom. The summed E-state index contributed by atoms with van der Waals surface area (Å²) in [6, 6.07) is -1.39. The second-order valence-electron chi connectivity index (χ2n) is 15.8. The topological polar surface area (TPSA) is 142 Å². The molecule has 0 radical (unpaired) electrons. The molecule has 0 aromatic carbocycles. The normalized spacial score (nSPS) is 13.1. The van der Waals surface area contributed by atoms with Gasteiger partial charge in [0.25, 0.3) is 0 Å². The Labute approximate surface area is 365 Å². The molecular formula is C51H86N2O7. The number of amides is 2. The molecule has 0 heterocycles. The lowest BCUT2D eigenvalue weighted by molar-refractivity contribution is -0.150. The van der Waals surface area contributed by atoms with Crippen LogP contribution < -0.4 is 10.6 Å². The number of ether oxygens (including phenoxy) is 1. The summed E-state index contributed by atoms with van der Waals surface area (Å²) in [5.74, 6) is -2.34. The van der Waals surface area contributed by atoms with E-state index in [0.717, 1.165) is 109 Å². The molecule has 0 rings (SSSR count). The number of carboxylic acids is 1. The number of nitrogens with one attached hydrogen (secondary N) is 2. The van der Waals surface area contributed by atoms with Crippen molar-refractivity contribution in [3.8, 4) is 0 Å². The van der Waals surface area contributed by atoms with Gasteiger partial charge in [-0.1, -0.05) is 157 Å². The number of aliphatic hydroxyl groups is 1. The van der Waals surface area contributed by atoms with Crippen LogP contribution in [0.2, 0.25) is 0 Å². The Balaban J connectivity index is 4.30. The van der Waals surface area contributed by atoms with E-state index in [2.05, 4.69) is 97.4 Å². The minimum atomic E-state index is -1.39. The first-order valence-electron chi connectivity index (χ1n) is 23.8. The van der Waals surface area contributed by atoms with Crippen LogP contribution in [0.3, 0.4) is 0 Å². The van der Waals surface area contributed by atoms with Crippen molar-refractivity contribution < 1.29 is 34.1 Å². The first-order chi connectivity index (χ1) is 29.3. The highest BCUT2D eigenvalue weighted by molar-refractivity contribution is 5.87. The summed E-state index contributed by atoms with van der Waals surface area (Å²) in [5.41, 5.74) is 0. The van der Waals surface area contributed by atoms with Crippen LogP contribution in [0.4, 0.5) is 0 Å². The first-order valence-corrected chi connectivity index (χ1v) is 23.8. The molecule has 0 aromatic heterocycles. The van der Waals surface area contributed by atoms with Crippen molar-refractivity contribution in [2.24, 2.45) is 0 Å². The van der Waals surface area contributed by atoms with E-state index < -0.39 is 24.5 Å². The summed E-state index contributed by atoms with van der Waals surface area (Å²) < 4.78 is 6.02. The number of unbranched alkanes of at least 4 members (excludes halogenated alkanes) is 16. The average Bonchev–Trinajstić information content (AvgIpc) is 3.23. The van der Waals surface area contributed by atoms with E-state index in [1.807, 2.05) is 0 Å². The summed E-state index contributed by atoms with van der Waals surface area (Å²) >= 11 is 0. The van der Waals surface area contributed by atoms with Gasteiger partial charge < -0.3 is 25.6 Å². The van der Waals surface area contributed by atoms with Crippen molar-refractivity contribution >= 4 is 23.8 Å². The quantitative estimate of drug-likeness (QED) is 0.0272. The molecule has 0 saturated carbocycles. The third-order valence-electron chi connectivity index (χ3n) is 10.2. The van der Waals surface area contributed by atoms with Gasteiger partial charge in [0, 0.05) is 12.8 Å².